The van der Waals surface area contributed by atoms with Crippen molar-refractivity contribution < 1.29 is 4.74 Å². The van der Waals surface area contributed by atoms with Crippen LogP contribution in [-0.4, -0.2) is 15.8 Å². The molecule has 0 saturated heterocycles. The van der Waals surface area contributed by atoms with E-state index >= 15 is 0 Å². The predicted octanol–water partition coefficient (Wildman–Crippen LogP) is 2.51. The van der Waals surface area contributed by atoms with Gasteiger partial charge >= 0.3 is 0 Å². The number of nitrogen functional groups attached to an aromatic ring is 1. The largest absolute Gasteiger partial charge is 0.436 e. The van der Waals surface area contributed by atoms with Crippen LogP contribution in [0.3, 0.4) is 0 Å². The lowest BCUT2D eigenvalue weighted by atomic mass is 10.2. The van der Waals surface area contributed by atoms with E-state index < -0.39 is 0 Å². The summed E-state index contributed by atoms with van der Waals surface area (Å²) in [6, 6.07) is 5.14. The highest BCUT2D eigenvalue weighted by Crippen LogP contribution is 2.29. The number of aryl methyl sites for hydroxylation is 1. The molecule has 2 aromatic heterocycles. The minimum Gasteiger partial charge on any atom is -0.436 e. The maximum atomic E-state index is 7.38. The number of ether oxygens (including phenoxy) is 1. The van der Waals surface area contributed by atoms with Crippen molar-refractivity contribution in [3.63, 3.8) is 0 Å². The van der Waals surface area contributed by atoms with Gasteiger partial charge in [0.1, 0.15) is 16.6 Å². The van der Waals surface area contributed by atoms with E-state index in [9.17, 15) is 0 Å². The molecule has 3 N–H and O–H groups in total. The molecule has 2 heterocycles. The Balaban J connectivity index is 2.32. The van der Waals surface area contributed by atoms with Crippen molar-refractivity contribution in [1.82, 2.24) is 9.97 Å². The molecule has 0 aliphatic rings. The van der Waals surface area contributed by atoms with Crippen LogP contribution in [0.5, 0.6) is 11.6 Å². The van der Waals surface area contributed by atoms with Crippen LogP contribution in [0.25, 0.3) is 0 Å². The van der Waals surface area contributed by atoms with Crippen molar-refractivity contribution in [3.8, 4) is 11.6 Å². The van der Waals surface area contributed by atoms with Crippen LogP contribution in [0.1, 0.15) is 11.3 Å². The van der Waals surface area contributed by atoms with E-state index in [-0.39, 0.29) is 16.7 Å². The molecule has 0 atom stereocenters. The Bertz CT molecular complexity index is 583. The standard InChI is InChI=1S/C12H11ClN4O/c1-7-2-3-8(6-17-7)18-12-10(13)9(11(14)15)4-5-16-12/h2-6H,1H3,(H3,14,15). The number of amidine groups is 1. The van der Waals surface area contributed by atoms with Crippen molar-refractivity contribution in [3.05, 3.63) is 46.9 Å². The molecule has 0 spiro atoms. The maximum Gasteiger partial charge on any atom is 0.238 e. The van der Waals surface area contributed by atoms with Crippen LogP contribution >= 0.6 is 11.6 Å². The highest BCUT2D eigenvalue weighted by Gasteiger charge is 2.11. The number of hydrogen-bond donors (Lipinski definition) is 2. The van der Waals surface area contributed by atoms with Crippen LogP contribution in [0.15, 0.2) is 30.6 Å². The fourth-order valence-corrected chi connectivity index (χ4v) is 1.58. The molecule has 0 fully saturated rings. The monoisotopic (exact) mass is 262 g/mol. The predicted molar refractivity (Wildman–Crippen MR) is 69.3 cm³/mol. The average molecular weight is 263 g/mol. The Morgan fingerprint density at radius 2 is 2.11 bits per heavy atom. The quantitative estimate of drug-likeness (QED) is 0.657. The van der Waals surface area contributed by atoms with Crippen LogP contribution in [0.4, 0.5) is 0 Å². The maximum absolute atomic E-state index is 7.38. The second-order valence-corrected chi connectivity index (χ2v) is 4.01. The van der Waals surface area contributed by atoms with Crippen LogP contribution in [0, 0.1) is 12.3 Å². The van der Waals surface area contributed by atoms with E-state index in [1.165, 1.54) is 6.20 Å². The van der Waals surface area contributed by atoms with E-state index in [1.54, 1.807) is 18.3 Å². The number of rotatable bonds is 3. The number of aromatic nitrogens is 2. The zero-order valence-electron chi connectivity index (χ0n) is 9.64. The van der Waals surface area contributed by atoms with Gasteiger partial charge < -0.3 is 10.5 Å². The first kappa shape index (κ1) is 12.3. The van der Waals surface area contributed by atoms with Crippen LogP contribution in [0.2, 0.25) is 5.02 Å². The zero-order chi connectivity index (χ0) is 13.1. The first-order valence-corrected chi connectivity index (χ1v) is 5.55. The third-order valence-corrected chi connectivity index (χ3v) is 2.61. The molecule has 6 heteroatoms. The lowest BCUT2D eigenvalue weighted by molar-refractivity contribution is 0.460. The molecule has 0 bridgehead atoms. The Hall–Kier alpha value is -2.14. The summed E-state index contributed by atoms with van der Waals surface area (Å²) in [7, 11) is 0. The van der Waals surface area contributed by atoms with E-state index in [0.717, 1.165) is 5.69 Å². The van der Waals surface area contributed by atoms with Gasteiger partial charge in [-0.05, 0) is 25.1 Å². The van der Waals surface area contributed by atoms with Gasteiger partial charge in [0.05, 0.1) is 6.20 Å². The van der Waals surface area contributed by atoms with Crippen molar-refractivity contribution in [2.75, 3.05) is 0 Å². The summed E-state index contributed by atoms with van der Waals surface area (Å²) >= 11 is 6.06. The summed E-state index contributed by atoms with van der Waals surface area (Å²) in [5.41, 5.74) is 6.68. The Labute approximate surface area is 109 Å². The number of hydrogen-bond acceptors (Lipinski definition) is 4. The van der Waals surface area contributed by atoms with Crippen molar-refractivity contribution >= 4 is 17.4 Å². The minimum absolute atomic E-state index is 0.130. The summed E-state index contributed by atoms with van der Waals surface area (Å²) in [6.07, 6.45) is 3.06. The molecule has 0 aromatic carbocycles. The lowest BCUT2D eigenvalue weighted by Crippen LogP contribution is -2.12. The van der Waals surface area contributed by atoms with Crippen molar-refractivity contribution in [2.24, 2.45) is 5.73 Å². The number of pyridine rings is 2. The van der Waals surface area contributed by atoms with E-state index in [4.69, 9.17) is 27.5 Å². The fraction of sp³-hybridized carbons (Fsp3) is 0.0833. The molecule has 0 radical (unpaired) electrons. The smallest absolute Gasteiger partial charge is 0.238 e. The molecule has 0 saturated carbocycles. The minimum atomic E-state index is -0.130. The van der Waals surface area contributed by atoms with E-state index in [2.05, 4.69) is 9.97 Å². The van der Waals surface area contributed by atoms with Crippen LogP contribution in [-0.2, 0) is 0 Å². The lowest BCUT2D eigenvalue weighted by Gasteiger charge is -2.08. The molecule has 2 aromatic rings. The number of nitrogens with zero attached hydrogens (tertiary/aromatic N) is 2. The van der Waals surface area contributed by atoms with Gasteiger partial charge in [-0.1, -0.05) is 11.6 Å². The summed E-state index contributed by atoms with van der Waals surface area (Å²) < 4.78 is 5.50. The molecule has 18 heavy (non-hydrogen) atoms. The van der Waals surface area contributed by atoms with Crippen molar-refractivity contribution in [2.45, 2.75) is 6.92 Å². The van der Waals surface area contributed by atoms with Crippen molar-refractivity contribution in [1.29, 1.82) is 5.41 Å². The molecule has 5 nitrogen and oxygen atoms in total. The van der Waals surface area contributed by atoms with Gasteiger partial charge in [-0.15, -0.1) is 0 Å². The summed E-state index contributed by atoms with van der Waals surface area (Å²) in [4.78, 5) is 8.10. The van der Waals surface area contributed by atoms with Gasteiger partial charge in [0.2, 0.25) is 5.88 Å². The van der Waals surface area contributed by atoms with Gasteiger partial charge in [-0.25, -0.2) is 4.98 Å². The molecule has 92 valence electrons. The summed E-state index contributed by atoms with van der Waals surface area (Å²) in [6.45, 7) is 1.88. The Morgan fingerprint density at radius 1 is 1.33 bits per heavy atom. The SMILES string of the molecule is Cc1ccc(Oc2nccc(C(=N)N)c2Cl)cn1. The second kappa shape index (κ2) is 5.01. The number of halogens is 1. The summed E-state index contributed by atoms with van der Waals surface area (Å²) in [5.74, 6) is 0.597. The van der Waals surface area contributed by atoms with Gasteiger partial charge in [-0.3, -0.25) is 10.4 Å². The van der Waals surface area contributed by atoms with E-state index in [0.29, 0.717) is 11.3 Å². The topological polar surface area (TPSA) is 84.9 Å². The highest BCUT2D eigenvalue weighted by molar-refractivity contribution is 6.35. The second-order valence-electron chi connectivity index (χ2n) is 3.63. The number of nitrogens with one attached hydrogen (secondary N) is 1. The third-order valence-electron chi connectivity index (χ3n) is 2.25. The van der Waals surface area contributed by atoms with Gasteiger partial charge in [0, 0.05) is 17.5 Å². The van der Waals surface area contributed by atoms with Crippen LogP contribution < -0.4 is 10.5 Å². The molecule has 0 unspecified atom stereocenters. The molecule has 2 rings (SSSR count). The first-order chi connectivity index (χ1) is 8.58. The molecular weight excluding hydrogens is 252 g/mol. The average Bonchev–Trinajstić information content (AvgIpc) is 2.34. The fourth-order valence-electron chi connectivity index (χ4n) is 1.33. The zero-order valence-corrected chi connectivity index (χ0v) is 10.4. The van der Waals surface area contributed by atoms with Gasteiger partial charge in [-0.2, -0.15) is 0 Å². The Morgan fingerprint density at radius 3 is 2.72 bits per heavy atom. The normalized spacial score (nSPS) is 10.1. The summed E-state index contributed by atoms with van der Waals surface area (Å²) in [5, 5.41) is 7.59. The molecule has 0 aliphatic carbocycles. The Kier molecular flexibility index (Phi) is 3.43. The molecular formula is C12H11ClN4O. The van der Waals surface area contributed by atoms with Gasteiger partial charge in [0.25, 0.3) is 0 Å². The molecule has 0 aliphatic heterocycles. The van der Waals surface area contributed by atoms with E-state index in [1.807, 2.05) is 13.0 Å². The highest BCUT2D eigenvalue weighted by atomic mass is 35.5. The third kappa shape index (κ3) is 2.57. The first-order valence-electron chi connectivity index (χ1n) is 5.17. The number of nitrogens with two attached hydrogens (primary N) is 1. The van der Waals surface area contributed by atoms with Gasteiger partial charge in [0.15, 0.2) is 0 Å². The molecule has 0 amide bonds.